The maximum atomic E-state index is 12.5. The van der Waals surface area contributed by atoms with Crippen LogP contribution in [0.15, 0.2) is 54.6 Å². The highest BCUT2D eigenvalue weighted by Gasteiger charge is 2.15. The molecule has 5 nitrogen and oxygen atoms in total. The lowest BCUT2D eigenvalue weighted by molar-refractivity contribution is 0.0708. The zero-order valence-corrected chi connectivity index (χ0v) is 11.7. The van der Waals surface area contributed by atoms with E-state index in [1.807, 2.05) is 30.3 Å². The highest BCUT2D eigenvalue weighted by molar-refractivity contribution is 5.94. The van der Waals surface area contributed by atoms with Gasteiger partial charge in [-0.1, -0.05) is 30.3 Å². The second-order valence-corrected chi connectivity index (χ2v) is 4.66. The van der Waals surface area contributed by atoms with Gasteiger partial charge in [0.1, 0.15) is 0 Å². The summed E-state index contributed by atoms with van der Waals surface area (Å²) >= 11 is 0. The molecule has 0 bridgehead atoms. The number of hydrogen-bond donors (Lipinski definition) is 3. The average molecular weight is 285 g/mol. The van der Waals surface area contributed by atoms with Crippen LogP contribution in [0.5, 0.6) is 0 Å². The Morgan fingerprint density at radius 3 is 2.33 bits per heavy atom. The molecule has 21 heavy (non-hydrogen) atoms. The van der Waals surface area contributed by atoms with Crippen molar-refractivity contribution in [2.75, 3.05) is 18.6 Å². The molecule has 0 aliphatic carbocycles. The van der Waals surface area contributed by atoms with Gasteiger partial charge < -0.3 is 15.4 Å². The number of anilines is 1. The van der Waals surface area contributed by atoms with E-state index >= 15 is 0 Å². The van der Waals surface area contributed by atoms with E-state index in [-0.39, 0.29) is 12.5 Å². The number of amides is 1. The predicted molar refractivity (Wildman–Crippen MR) is 82.5 cm³/mol. The summed E-state index contributed by atoms with van der Waals surface area (Å²) in [6.07, 6.45) is 0. The van der Waals surface area contributed by atoms with Gasteiger partial charge in [0.15, 0.2) is 0 Å². The first-order valence-electron chi connectivity index (χ1n) is 6.75. The molecule has 0 aliphatic rings. The van der Waals surface area contributed by atoms with Crippen LogP contribution in [0.4, 0.5) is 5.69 Å². The molecular formula is C16H19N3O2. The number of nitrogen functional groups attached to an aromatic ring is 1. The quantitative estimate of drug-likeness (QED) is 0.556. The molecule has 0 saturated heterocycles. The Morgan fingerprint density at radius 2 is 1.76 bits per heavy atom. The van der Waals surface area contributed by atoms with Gasteiger partial charge in [0.05, 0.1) is 6.61 Å². The van der Waals surface area contributed by atoms with E-state index in [9.17, 15) is 9.90 Å². The van der Waals surface area contributed by atoms with Gasteiger partial charge in [-0.25, -0.2) is 0 Å². The molecule has 0 unspecified atom stereocenters. The number of benzene rings is 2. The third-order valence-corrected chi connectivity index (χ3v) is 3.17. The number of aliphatic hydroxyl groups excluding tert-OH is 1. The van der Waals surface area contributed by atoms with Gasteiger partial charge in [0.2, 0.25) is 0 Å². The Hall–Kier alpha value is -2.37. The van der Waals surface area contributed by atoms with Gasteiger partial charge in [-0.15, -0.1) is 0 Å². The summed E-state index contributed by atoms with van der Waals surface area (Å²) in [5.41, 5.74) is 4.86. The number of hydrogen-bond acceptors (Lipinski definition) is 4. The van der Waals surface area contributed by atoms with Crippen molar-refractivity contribution in [3.8, 4) is 0 Å². The van der Waals surface area contributed by atoms with Crippen molar-refractivity contribution in [2.24, 2.45) is 5.84 Å². The first-order valence-corrected chi connectivity index (χ1v) is 6.75. The molecule has 110 valence electrons. The summed E-state index contributed by atoms with van der Waals surface area (Å²) in [5.74, 6) is 5.19. The summed E-state index contributed by atoms with van der Waals surface area (Å²) in [7, 11) is 0. The molecule has 2 aromatic carbocycles. The predicted octanol–water partition coefficient (Wildman–Crippen LogP) is 1.61. The largest absolute Gasteiger partial charge is 0.395 e. The lowest BCUT2D eigenvalue weighted by atomic mass is 10.1. The summed E-state index contributed by atoms with van der Waals surface area (Å²) in [5, 5.41) is 9.17. The maximum Gasteiger partial charge on any atom is 0.254 e. The lowest BCUT2D eigenvalue weighted by Crippen LogP contribution is -2.33. The number of rotatable bonds is 6. The number of carbonyl (C=O) groups excluding carboxylic acids is 1. The number of carbonyl (C=O) groups is 1. The SMILES string of the molecule is NNc1ccc(C(=O)N(CCO)Cc2ccccc2)cc1. The molecule has 0 aliphatic heterocycles. The summed E-state index contributed by atoms with van der Waals surface area (Å²) < 4.78 is 0. The van der Waals surface area contributed by atoms with Crippen LogP contribution in [0, 0.1) is 0 Å². The molecule has 0 radical (unpaired) electrons. The first-order chi connectivity index (χ1) is 10.2. The van der Waals surface area contributed by atoms with Gasteiger partial charge >= 0.3 is 0 Å². The van der Waals surface area contributed by atoms with Crippen molar-refractivity contribution in [1.29, 1.82) is 0 Å². The summed E-state index contributed by atoms with van der Waals surface area (Å²) in [4.78, 5) is 14.1. The normalized spacial score (nSPS) is 10.2. The minimum absolute atomic E-state index is 0.0684. The smallest absolute Gasteiger partial charge is 0.254 e. The standard InChI is InChI=1S/C16H19N3O2/c17-18-15-8-6-14(7-9-15)16(21)19(10-11-20)12-13-4-2-1-3-5-13/h1-9,18,20H,10-12,17H2. The lowest BCUT2D eigenvalue weighted by Gasteiger charge is -2.22. The van der Waals surface area contributed by atoms with Crippen molar-refractivity contribution >= 4 is 11.6 Å². The van der Waals surface area contributed by atoms with E-state index in [0.29, 0.717) is 18.7 Å². The molecular weight excluding hydrogens is 266 g/mol. The van der Waals surface area contributed by atoms with Crippen molar-refractivity contribution in [3.63, 3.8) is 0 Å². The maximum absolute atomic E-state index is 12.5. The number of nitrogens with one attached hydrogen (secondary N) is 1. The van der Waals surface area contributed by atoms with E-state index in [1.54, 1.807) is 29.2 Å². The second-order valence-electron chi connectivity index (χ2n) is 4.66. The Kier molecular flexibility index (Phi) is 5.31. The van der Waals surface area contributed by atoms with E-state index in [2.05, 4.69) is 5.43 Å². The molecule has 2 rings (SSSR count). The van der Waals surface area contributed by atoms with E-state index < -0.39 is 0 Å². The second kappa shape index (κ2) is 7.42. The Labute approximate surface area is 124 Å². The van der Waals surface area contributed by atoms with Gasteiger partial charge in [-0.3, -0.25) is 10.6 Å². The molecule has 0 aromatic heterocycles. The monoisotopic (exact) mass is 285 g/mol. The fourth-order valence-corrected chi connectivity index (χ4v) is 2.07. The van der Waals surface area contributed by atoms with E-state index in [0.717, 1.165) is 11.3 Å². The van der Waals surface area contributed by atoms with Gasteiger partial charge in [0, 0.05) is 24.3 Å². The Morgan fingerprint density at radius 1 is 1.10 bits per heavy atom. The van der Waals surface area contributed by atoms with Crippen LogP contribution < -0.4 is 11.3 Å². The number of nitrogens with zero attached hydrogens (tertiary/aromatic N) is 1. The van der Waals surface area contributed by atoms with E-state index in [4.69, 9.17) is 5.84 Å². The van der Waals surface area contributed by atoms with Gasteiger partial charge in [0.25, 0.3) is 5.91 Å². The number of nitrogens with two attached hydrogens (primary N) is 1. The minimum atomic E-state index is -0.114. The number of aliphatic hydroxyl groups is 1. The molecule has 0 spiro atoms. The van der Waals surface area contributed by atoms with E-state index in [1.165, 1.54) is 0 Å². The molecule has 0 fully saturated rings. The van der Waals surface area contributed by atoms with Crippen LogP contribution in [0.3, 0.4) is 0 Å². The Balaban J connectivity index is 2.14. The van der Waals surface area contributed by atoms with Crippen molar-refractivity contribution in [2.45, 2.75) is 6.54 Å². The van der Waals surface area contributed by atoms with Crippen LogP contribution in [0.2, 0.25) is 0 Å². The Bertz CT molecular complexity index is 570. The summed E-state index contributed by atoms with van der Waals surface area (Å²) in [6, 6.07) is 16.6. The van der Waals surface area contributed by atoms with Crippen LogP contribution >= 0.6 is 0 Å². The number of hydrazine groups is 1. The van der Waals surface area contributed by atoms with Crippen molar-refractivity contribution < 1.29 is 9.90 Å². The topological polar surface area (TPSA) is 78.6 Å². The highest BCUT2D eigenvalue weighted by Crippen LogP contribution is 2.13. The third-order valence-electron chi connectivity index (χ3n) is 3.17. The molecule has 4 N–H and O–H groups in total. The first kappa shape index (κ1) is 15.0. The molecule has 5 heteroatoms. The minimum Gasteiger partial charge on any atom is -0.395 e. The van der Waals surface area contributed by atoms with Gasteiger partial charge in [-0.2, -0.15) is 0 Å². The van der Waals surface area contributed by atoms with Gasteiger partial charge in [-0.05, 0) is 29.8 Å². The van der Waals surface area contributed by atoms with Crippen LogP contribution in [0.25, 0.3) is 0 Å². The summed E-state index contributed by atoms with van der Waals surface area (Å²) in [6.45, 7) is 0.697. The molecule has 0 saturated carbocycles. The van der Waals surface area contributed by atoms with Crippen molar-refractivity contribution in [1.82, 2.24) is 4.90 Å². The fraction of sp³-hybridized carbons (Fsp3) is 0.188. The van der Waals surface area contributed by atoms with Crippen molar-refractivity contribution in [3.05, 3.63) is 65.7 Å². The molecule has 0 atom stereocenters. The molecule has 0 heterocycles. The van der Waals surface area contributed by atoms with Crippen LogP contribution in [-0.4, -0.2) is 29.1 Å². The average Bonchev–Trinajstić information content (AvgIpc) is 2.55. The highest BCUT2D eigenvalue weighted by atomic mass is 16.3. The van der Waals surface area contributed by atoms with Crippen LogP contribution in [-0.2, 0) is 6.54 Å². The molecule has 2 aromatic rings. The zero-order chi connectivity index (χ0) is 15.1. The fourth-order valence-electron chi connectivity index (χ4n) is 2.07. The van der Waals surface area contributed by atoms with Crippen LogP contribution in [0.1, 0.15) is 15.9 Å². The molecule has 1 amide bonds. The zero-order valence-electron chi connectivity index (χ0n) is 11.7. The third kappa shape index (κ3) is 4.05.